The number of benzene rings is 3. The Kier molecular flexibility index (Phi) is 5.67. The summed E-state index contributed by atoms with van der Waals surface area (Å²) in [4.78, 5) is 31.6. The van der Waals surface area contributed by atoms with Crippen molar-refractivity contribution in [2.75, 3.05) is 7.05 Å². The molecular formula is C27H24N4O3. The predicted molar refractivity (Wildman–Crippen MR) is 127 cm³/mol. The lowest BCUT2D eigenvalue weighted by Crippen LogP contribution is -2.30. The standard InChI is InChI=1S/C27H24N4O3/c1-18(19-8-11-23(12-9-19)31-17-28-16-29-31)30(2)26(32)21-10-13-24-22(14-21)15-25(34-27(24)33)20-6-4-3-5-7-20/h3-14,16-18,25H,15H2,1-2H3. The van der Waals surface area contributed by atoms with E-state index in [1.54, 1.807) is 35.1 Å². The van der Waals surface area contributed by atoms with Crippen LogP contribution in [0.25, 0.3) is 5.69 Å². The van der Waals surface area contributed by atoms with E-state index < -0.39 is 0 Å². The van der Waals surface area contributed by atoms with Crippen LogP contribution in [-0.2, 0) is 11.2 Å². The maximum atomic E-state index is 13.3. The second kappa shape index (κ2) is 8.94. The average molecular weight is 453 g/mol. The fourth-order valence-corrected chi connectivity index (χ4v) is 4.23. The molecule has 5 rings (SSSR count). The van der Waals surface area contributed by atoms with Gasteiger partial charge in [0.25, 0.3) is 5.91 Å². The molecule has 3 aromatic carbocycles. The molecule has 170 valence electrons. The molecule has 1 amide bonds. The maximum Gasteiger partial charge on any atom is 0.339 e. The Balaban J connectivity index is 1.35. The molecule has 0 saturated heterocycles. The Labute approximate surface area is 197 Å². The summed E-state index contributed by atoms with van der Waals surface area (Å²) in [6, 6.07) is 22.6. The highest BCUT2D eigenvalue weighted by Crippen LogP contribution is 2.31. The number of rotatable bonds is 5. The highest BCUT2D eigenvalue weighted by molar-refractivity contribution is 5.98. The van der Waals surface area contributed by atoms with Crippen LogP contribution in [0.15, 0.2) is 85.5 Å². The Morgan fingerprint density at radius 1 is 1.09 bits per heavy atom. The molecule has 0 N–H and O–H groups in total. The van der Waals surface area contributed by atoms with Crippen LogP contribution in [0.2, 0.25) is 0 Å². The molecule has 0 spiro atoms. The van der Waals surface area contributed by atoms with Crippen molar-refractivity contribution in [3.8, 4) is 5.69 Å². The van der Waals surface area contributed by atoms with E-state index >= 15 is 0 Å². The van der Waals surface area contributed by atoms with E-state index in [2.05, 4.69) is 10.1 Å². The number of esters is 1. The van der Waals surface area contributed by atoms with Gasteiger partial charge >= 0.3 is 5.97 Å². The fourth-order valence-electron chi connectivity index (χ4n) is 4.23. The molecule has 0 radical (unpaired) electrons. The third-order valence-corrected chi connectivity index (χ3v) is 6.36. The molecule has 7 nitrogen and oxygen atoms in total. The second-order valence-electron chi connectivity index (χ2n) is 8.40. The topological polar surface area (TPSA) is 77.3 Å². The van der Waals surface area contributed by atoms with Gasteiger partial charge in [0, 0.05) is 19.0 Å². The van der Waals surface area contributed by atoms with Gasteiger partial charge in [0.2, 0.25) is 0 Å². The first-order valence-electron chi connectivity index (χ1n) is 11.1. The van der Waals surface area contributed by atoms with Crippen molar-refractivity contribution in [2.45, 2.75) is 25.5 Å². The van der Waals surface area contributed by atoms with Crippen molar-refractivity contribution < 1.29 is 14.3 Å². The molecular weight excluding hydrogens is 428 g/mol. The summed E-state index contributed by atoms with van der Waals surface area (Å²) in [5.74, 6) is -0.464. The van der Waals surface area contributed by atoms with E-state index in [9.17, 15) is 9.59 Å². The van der Waals surface area contributed by atoms with E-state index in [-0.39, 0.29) is 24.0 Å². The maximum absolute atomic E-state index is 13.3. The third kappa shape index (κ3) is 4.08. The summed E-state index contributed by atoms with van der Waals surface area (Å²) in [6.45, 7) is 1.99. The highest BCUT2D eigenvalue weighted by Gasteiger charge is 2.29. The molecule has 1 aliphatic heterocycles. The number of cyclic esters (lactones) is 1. The molecule has 4 aromatic rings. The van der Waals surface area contributed by atoms with Crippen LogP contribution in [-0.4, -0.2) is 38.6 Å². The van der Waals surface area contributed by atoms with Gasteiger partial charge in [0.15, 0.2) is 0 Å². The van der Waals surface area contributed by atoms with E-state index in [0.717, 1.165) is 22.4 Å². The fraction of sp³-hybridized carbons (Fsp3) is 0.185. The van der Waals surface area contributed by atoms with Crippen LogP contribution >= 0.6 is 0 Å². The van der Waals surface area contributed by atoms with Crippen molar-refractivity contribution in [3.05, 3.63) is 113 Å². The largest absolute Gasteiger partial charge is 0.454 e. The van der Waals surface area contributed by atoms with Crippen LogP contribution in [0.4, 0.5) is 0 Å². The number of hydrogen-bond donors (Lipinski definition) is 0. The van der Waals surface area contributed by atoms with Crippen LogP contribution in [0, 0.1) is 0 Å². The Morgan fingerprint density at radius 3 is 2.56 bits per heavy atom. The second-order valence-corrected chi connectivity index (χ2v) is 8.40. The summed E-state index contributed by atoms with van der Waals surface area (Å²) >= 11 is 0. The van der Waals surface area contributed by atoms with Gasteiger partial charge in [0.1, 0.15) is 18.8 Å². The molecule has 7 heteroatoms. The minimum Gasteiger partial charge on any atom is -0.454 e. The first kappa shape index (κ1) is 21.6. The van der Waals surface area contributed by atoms with Crippen LogP contribution in [0.5, 0.6) is 0 Å². The Morgan fingerprint density at radius 2 is 1.85 bits per heavy atom. The van der Waals surface area contributed by atoms with Gasteiger partial charge in [-0.15, -0.1) is 0 Å². The minimum atomic E-state index is -0.358. The molecule has 0 saturated carbocycles. The van der Waals surface area contributed by atoms with Crippen LogP contribution in [0.1, 0.15) is 56.5 Å². The third-order valence-electron chi connectivity index (χ3n) is 6.36. The number of hydrogen-bond acceptors (Lipinski definition) is 5. The molecule has 2 unspecified atom stereocenters. The highest BCUT2D eigenvalue weighted by atomic mass is 16.5. The van der Waals surface area contributed by atoms with Crippen molar-refractivity contribution in [1.82, 2.24) is 19.7 Å². The number of amides is 1. The summed E-state index contributed by atoms with van der Waals surface area (Å²) < 4.78 is 7.32. The predicted octanol–water partition coefficient (Wildman–Crippen LogP) is 4.55. The van der Waals surface area contributed by atoms with E-state index in [0.29, 0.717) is 17.5 Å². The zero-order valence-electron chi connectivity index (χ0n) is 19.0. The van der Waals surface area contributed by atoms with Gasteiger partial charge in [-0.25, -0.2) is 14.5 Å². The van der Waals surface area contributed by atoms with E-state index in [4.69, 9.17) is 4.74 Å². The van der Waals surface area contributed by atoms with Crippen molar-refractivity contribution in [1.29, 1.82) is 0 Å². The first-order valence-corrected chi connectivity index (χ1v) is 11.1. The number of fused-ring (bicyclic) bond motifs is 1. The monoisotopic (exact) mass is 452 g/mol. The molecule has 2 atom stereocenters. The lowest BCUT2D eigenvalue weighted by atomic mass is 9.93. The number of carbonyl (C=O) groups excluding carboxylic acids is 2. The summed E-state index contributed by atoms with van der Waals surface area (Å²) in [5.41, 5.74) is 4.74. The average Bonchev–Trinajstić information content (AvgIpc) is 3.43. The van der Waals surface area contributed by atoms with Gasteiger partial charge in [-0.05, 0) is 53.9 Å². The van der Waals surface area contributed by atoms with Crippen molar-refractivity contribution >= 4 is 11.9 Å². The van der Waals surface area contributed by atoms with Crippen molar-refractivity contribution in [2.24, 2.45) is 0 Å². The van der Waals surface area contributed by atoms with Crippen LogP contribution in [0.3, 0.4) is 0 Å². The molecule has 2 heterocycles. The van der Waals surface area contributed by atoms with Crippen LogP contribution < -0.4 is 0 Å². The van der Waals surface area contributed by atoms with Gasteiger partial charge < -0.3 is 9.64 Å². The molecule has 0 aliphatic carbocycles. The smallest absolute Gasteiger partial charge is 0.339 e. The lowest BCUT2D eigenvalue weighted by Gasteiger charge is -2.28. The van der Waals surface area contributed by atoms with E-state index in [1.165, 1.54) is 6.33 Å². The van der Waals surface area contributed by atoms with Gasteiger partial charge in [0.05, 0.1) is 17.3 Å². The number of ether oxygens (including phenoxy) is 1. The first-order chi connectivity index (χ1) is 16.5. The van der Waals surface area contributed by atoms with Crippen molar-refractivity contribution in [3.63, 3.8) is 0 Å². The van der Waals surface area contributed by atoms with Gasteiger partial charge in [-0.2, -0.15) is 5.10 Å². The molecule has 0 fully saturated rings. The van der Waals surface area contributed by atoms with Gasteiger partial charge in [-0.3, -0.25) is 4.79 Å². The molecule has 1 aliphatic rings. The molecule has 1 aromatic heterocycles. The summed E-state index contributed by atoms with van der Waals surface area (Å²) in [6.07, 6.45) is 3.31. The number of aromatic nitrogens is 3. The lowest BCUT2D eigenvalue weighted by molar-refractivity contribution is 0.0252. The minimum absolute atomic E-state index is 0.106. The molecule has 0 bridgehead atoms. The number of nitrogens with zero attached hydrogens (tertiary/aromatic N) is 4. The SMILES string of the molecule is CC(c1ccc(-n2cncn2)cc1)N(C)C(=O)c1ccc2c(c1)CC(c1ccccc1)OC2=O. The summed E-state index contributed by atoms with van der Waals surface area (Å²) in [5, 5.41) is 4.14. The quantitative estimate of drug-likeness (QED) is 0.415. The number of carbonyl (C=O) groups is 2. The Bertz CT molecular complexity index is 1320. The Hall–Kier alpha value is -4.26. The normalized spacial score (nSPS) is 15.8. The van der Waals surface area contributed by atoms with E-state index in [1.807, 2.05) is 67.6 Å². The summed E-state index contributed by atoms with van der Waals surface area (Å²) in [7, 11) is 1.79. The zero-order chi connectivity index (χ0) is 23.7. The van der Waals surface area contributed by atoms with Gasteiger partial charge in [-0.1, -0.05) is 42.5 Å². The zero-order valence-corrected chi connectivity index (χ0v) is 19.0. The molecule has 34 heavy (non-hydrogen) atoms.